The van der Waals surface area contributed by atoms with Gasteiger partial charge in [0.2, 0.25) is 0 Å². The van der Waals surface area contributed by atoms with Crippen molar-refractivity contribution in [1.82, 2.24) is 19.4 Å². The van der Waals surface area contributed by atoms with E-state index in [9.17, 15) is 4.39 Å². The van der Waals surface area contributed by atoms with Crippen LogP contribution in [0.4, 0.5) is 4.39 Å². The molecule has 0 saturated heterocycles. The van der Waals surface area contributed by atoms with Gasteiger partial charge in [0.25, 0.3) is 0 Å². The molecule has 1 N–H and O–H groups in total. The number of hydrogen-bond acceptors (Lipinski definition) is 3. The van der Waals surface area contributed by atoms with Crippen LogP contribution in [0.5, 0.6) is 0 Å². The third kappa shape index (κ3) is 3.29. The molecule has 0 amide bonds. The first-order chi connectivity index (χ1) is 11.6. The third-order valence-electron chi connectivity index (χ3n) is 3.84. The summed E-state index contributed by atoms with van der Waals surface area (Å²) in [5, 5.41) is 1.57. The van der Waals surface area contributed by atoms with Crippen molar-refractivity contribution in [3.05, 3.63) is 59.5 Å². The second-order valence-electron chi connectivity index (χ2n) is 5.32. The monoisotopic (exact) mass is 364 g/mol. The average molecular weight is 365 g/mol. The smallest absolute Gasteiger partial charge is 0.117 e. The summed E-state index contributed by atoms with van der Waals surface area (Å²) in [4.78, 5) is 10.5. The largest absolute Gasteiger partial charge is 0.337 e. The van der Waals surface area contributed by atoms with Crippen LogP contribution in [0, 0.1) is 6.92 Å². The van der Waals surface area contributed by atoms with Crippen molar-refractivity contribution in [2.45, 2.75) is 13.5 Å². The van der Waals surface area contributed by atoms with Crippen LogP contribution >= 0.6 is 23.4 Å². The molecule has 1 aromatic carbocycles. The van der Waals surface area contributed by atoms with E-state index in [1.807, 2.05) is 23.6 Å². The average Bonchev–Trinajstić information content (AvgIpc) is 2.85. The molecule has 7 heteroatoms. The molecule has 0 atom stereocenters. The number of allylic oxidation sites excluding steroid dienone is 1. The summed E-state index contributed by atoms with van der Waals surface area (Å²) in [6.45, 7) is 2.33. The number of aromatic nitrogens is 3. The van der Waals surface area contributed by atoms with E-state index in [-0.39, 0.29) is 18.9 Å². The van der Waals surface area contributed by atoms with E-state index in [0.29, 0.717) is 5.02 Å². The Morgan fingerprint density at radius 1 is 1.33 bits per heavy atom. The summed E-state index contributed by atoms with van der Waals surface area (Å²) in [6, 6.07) is 5.57. The Morgan fingerprint density at radius 2 is 2.08 bits per heavy atom. The molecule has 0 radical (unpaired) electrons. The summed E-state index contributed by atoms with van der Waals surface area (Å²) in [5.74, 6) is -0.269. The van der Waals surface area contributed by atoms with Crippen LogP contribution in [0.2, 0.25) is 5.02 Å². The molecular weight excluding hydrogens is 350 g/mol. The minimum atomic E-state index is -0.269. The second kappa shape index (κ2) is 7.30. The Morgan fingerprint density at radius 3 is 2.79 bits per heavy atom. The van der Waals surface area contributed by atoms with Crippen LogP contribution in [0.15, 0.2) is 48.8 Å². The summed E-state index contributed by atoms with van der Waals surface area (Å²) in [6.07, 6.45) is 6.37. The van der Waals surface area contributed by atoms with Gasteiger partial charge in [-0.25, -0.2) is 19.2 Å². The third-order valence-corrected chi connectivity index (χ3v) is 4.23. The molecule has 0 aliphatic heterocycles. The predicted octanol–water partition coefficient (Wildman–Crippen LogP) is 4.66. The maximum absolute atomic E-state index is 14.2. The molecule has 124 valence electrons. The zero-order valence-electron chi connectivity index (χ0n) is 12.9. The summed E-state index contributed by atoms with van der Waals surface area (Å²) in [7, 11) is 0. The fraction of sp³-hybridized carbons (Fsp3) is 0.176. The molecule has 24 heavy (non-hydrogen) atoms. The number of nitrogens with zero attached hydrogens (tertiary/aromatic N) is 3. The van der Waals surface area contributed by atoms with Crippen LogP contribution in [0.1, 0.15) is 5.69 Å². The molecule has 3 rings (SSSR count). The van der Waals surface area contributed by atoms with Crippen LogP contribution in [0.25, 0.3) is 22.0 Å². The van der Waals surface area contributed by atoms with Gasteiger partial charge in [0.15, 0.2) is 0 Å². The van der Waals surface area contributed by atoms with Crippen molar-refractivity contribution < 1.29 is 4.39 Å². The number of nitrogens with one attached hydrogen (secondary N) is 1. The fourth-order valence-electron chi connectivity index (χ4n) is 2.82. The van der Waals surface area contributed by atoms with Gasteiger partial charge in [0.1, 0.15) is 12.2 Å². The Bertz CT molecular complexity index is 890. The van der Waals surface area contributed by atoms with E-state index in [0.717, 1.165) is 27.7 Å². The van der Waals surface area contributed by atoms with Gasteiger partial charge in [-0.2, -0.15) is 0 Å². The van der Waals surface area contributed by atoms with Gasteiger partial charge in [-0.1, -0.05) is 11.6 Å². The Hall–Kier alpha value is -1.95. The molecule has 0 spiro atoms. The molecule has 2 aromatic heterocycles. The van der Waals surface area contributed by atoms with Crippen molar-refractivity contribution in [3.8, 4) is 11.1 Å². The minimum Gasteiger partial charge on any atom is -0.337 e. The Balaban J connectivity index is 2.18. The molecule has 0 aliphatic rings. The number of benzene rings is 1. The lowest BCUT2D eigenvalue weighted by Crippen LogP contribution is -2.03. The number of fused-ring (bicyclic) bond motifs is 1. The Kier molecular flexibility index (Phi) is 5.14. The maximum atomic E-state index is 14.2. The van der Waals surface area contributed by atoms with E-state index in [1.54, 1.807) is 18.5 Å². The normalized spacial score (nSPS) is 12.1. The van der Waals surface area contributed by atoms with Gasteiger partial charge in [-0.15, -0.1) is 0 Å². The highest BCUT2D eigenvalue weighted by atomic mass is 35.5. The molecule has 0 aliphatic carbocycles. The molecule has 0 saturated carbocycles. The van der Waals surface area contributed by atoms with Crippen molar-refractivity contribution in [1.29, 1.82) is 0 Å². The molecule has 2 heterocycles. The molecule has 0 bridgehead atoms. The topological polar surface area (TPSA) is 42.7 Å². The molecule has 0 fully saturated rings. The minimum absolute atomic E-state index is 0.121. The summed E-state index contributed by atoms with van der Waals surface area (Å²) in [5.41, 5.74) is 3.65. The van der Waals surface area contributed by atoms with E-state index < -0.39 is 0 Å². The van der Waals surface area contributed by atoms with Crippen LogP contribution in [0.3, 0.4) is 0 Å². The first-order valence-electron chi connectivity index (χ1n) is 7.33. The maximum Gasteiger partial charge on any atom is 0.117 e. The van der Waals surface area contributed by atoms with E-state index >= 15 is 0 Å². The van der Waals surface area contributed by atoms with Gasteiger partial charge in [-0.05, 0) is 43.0 Å². The number of halogens is 3. The molecule has 0 unspecified atom stereocenters. The Labute approximate surface area is 149 Å². The highest BCUT2D eigenvalue weighted by molar-refractivity contribution is 6.31. The fourth-order valence-corrected chi connectivity index (χ4v) is 3.06. The van der Waals surface area contributed by atoms with E-state index in [1.165, 1.54) is 12.4 Å². The first-order valence-corrected chi connectivity index (χ1v) is 8.09. The van der Waals surface area contributed by atoms with Crippen LogP contribution in [-0.2, 0) is 6.54 Å². The number of rotatable bonds is 5. The van der Waals surface area contributed by atoms with E-state index in [4.69, 9.17) is 23.4 Å². The lowest BCUT2D eigenvalue weighted by Gasteiger charge is -2.07. The molecule has 4 nitrogen and oxygen atoms in total. The summed E-state index contributed by atoms with van der Waals surface area (Å²) < 4.78 is 16.1. The van der Waals surface area contributed by atoms with Gasteiger partial charge < -0.3 is 4.57 Å². The SMILES string of the molecule is Cc1c(-c2cncnc2)c2cc(Cl)ccc2n1C/C(F)=C/CNCl. The lowest BCUT2D eigenvalue weighted by atomic mass is 10.1. The number of hydrogen-bond donors (Lipinski definition) is 1. The van der Waals surface area contributed by atoms with Crippen molar-refractivity contribution in [3.63, 3.8) is 0 Å². The van der Waals surface area contributed by atoms with Crippen molar-refractivity contribution in [2.24, 2.45) is 0 Å². The van der Waals surface area contributed by atoms with Gasteiger partial charge in [0.05, 0.1) is 6.54 Å². The zero-order valence-corrected chi connectivity index (χ0v) is 14.4. The molecule has 3 aromatic rings. The summed E-state index contributed by atoms with van der Waals surface area (Å²) >= 11 is 11.5. The molecular formula is C17H15Cl2FN4. The van der Waals surface area contributed by atoms with Gasteiger partial charge >= 0.3 is 0 Å². The van der Waals surface area contributed by atoms with Crippen molar-refractivity contribution in [2.75, 3.05) is 6.54 Å². The highest BCUT2D eigenvalue weighted by Crippen LogP contribution is 2.36. The standard InChI is InChI=1S/C17H15Cl2FN4/c1-11-17(12-7-21-10-22-8-12)15-6-13(18)2-3-16(15)24(11)9-14(20)4-5-23-19/h2-4,6-8,10,23H,5,9H2,1H3/b14-4-. The first kappa shape index (κ1) is 16.9. The van der Waals surface area contributed by atoms with Gasteiger partial charge in [0, 0.05) is 51.7 Å². The highest BCUT2D eigenvalue weighted by Gasteiger charge is 2.17. The quantitative estimate of drug-likeness (QED) is 0.669. The van der Waals surface area contributed by atoms with Crippen molar-refractivity contribution >= 4 is 34.3 Å². The lowest BCUT2D eigenvalue weighted by molar-refractivity contribution is 0.555. The second-order valence-corrected chi connectivity index (χ2v) is 6.03. The zero-order chi connectivity index (χ0) is 17.1. The van der Waals surface area contributed by atoms with Gasteiger partial charge in [-0.3, -0.25) is 0 Å². The van der Waals surface area contributed by atoms with E-state index in [2.05, 4.69) is 14.8 Å². The van der Waals surface area contributed by atoms with Crippen LogP contribution < -0.4 is 4.84 Å². The van der Waals surface area contributed by atoms with Crippen LogP contribution in [-0.4, -0.2) is 21.1 Å². The predicted molar refractivity (Wildman–Crippen MR) is 95.8 cm³/mol.